The second-order valence-electron chi connectivity index (χ2n) is 6.42. The van der Waals surface area contributed by atoms with Gasteiger partial charge in [0.2, 0.25) is 0 Å². The van der Waals surface area contributed by atoms with Gasteiger partial charge in [0.1, 0.15) is 5.69 Å². The van der Waals surface area contributed by atoms with E-state index in [2.05, 4.69) is 21.4 Å². The average molecular weight is 360 g/mol. The third kappa shape index (κ3) is 3.55. The number of H-pyrrole nitrogens is 2. The predicted octanol–water partition coefficient (Wildman–Crippen LogP) is 2.68. The van der Waals surface area contributed by atoms with Gasteiger partial charge in [-0.25, -0.2) is 4.79 Å². The number of fused-ring (bicyclic) bond motifs is 1. The van der Waals surface area contributed by atoms with E-state index in [9.17, 15) is 9.59 Å². The van der Waals surface area contributed by atoms with Crippen LogP contribution in [0.3, 0.4) is 0 Å². The lowest BCUT2D eigenvalue weighted by atomic mass is 10.1. The van der Waals surface area contributed by atoms with E-state index >= 15 is 0 Å². The first-order chi connectivity index (χ1) is 13.2. The summed E-state index contributed by atoms with van der Waals surface area (Å²) in [6, 6.07) is 17.7. The molecule has 2 aromatic carbocycles. The Morgan fingerprint density at radius 3 is 2.59 bits per heavy atom. The number of nitrogens with one attached hydrogen (secondary N) is 3. The molecule has 0 unspecified atom stereocenters. The molecule has 0 bridgehead atoms. The standard InChI is InChI=1S/C21H20N4O2/c26-20(22-11-10-16-12-23-18-9-5-4-8-17(16)18)19-13-24-21(27)25(19)14-15-6-2-1-3-7-15/h1-9,12-13,23H,10-11,14H2,(H,22,26)(H,24,27). The molecule has 4 rings (SSSR count). The highest BCUT2D eigenvalue weighted by Gasteiger charge is 2.14. The van der Waals surface area contributed by atoms with Crippen molar-refractivity contribution in [3.8, 4) is 0 Å². The molecule has 6 nitrogen and oxygen atoms in total. The molecule has 3 N–H and O–H groups in total. The Balaban J connectivity index is 1.44. The topological polar surface area (TPSA) is 82.7 Å². The van der Waals surface area contributed by atoms with E-state index in [4.69, 9.17) is 0 Å². The van der Waals surface area contributed by atoms with Crippen molar-refractivity contribution >= 4 is 16.8 Å². The molecule has 0 saturated heterocycles. The molecule has 6 heteroatoms. The quantitative estimate of drug-likeness (QED) is 0.494. The fourth-order valence-corrected chi connectivity index (χ4v) is 3.25. The van der Waals surface area contributed by atoms with Gasteiger partial charge in [-0.1, -0.05) is 48.5 Å². The molecule has 136 valence electrons. The summed E-state index contributed by atoms with van der Waals surface area (Å²) < 4.78 is 1.45. The maximum absolute atomic E-state index is 12.6. The van der Waals surface area contributed by atoms with Gasteiger partial charge in [-0.3, -0.25) is 9.36 Å². The van der Waals surface area contributed by atoms with E-state index in [-0.39, 0.29) is 11.6 Å². The first-order valence-corrected chi connectivity index (χ1v) is 8.88. The normalized spacial score (nSPS) is 11.0. The third-order valence-electron chi connectivity index (χ3n) is 4.64. The SMILES string of the molecule is O=C(NCCc1c[nH]c2ccccc12)c1c[nH]c(=O)n1Cc1ccccc1. The molecule has 0 spiro atoms. The molecular formula is C21H20N4O2. The fourth-order valence-electron chi connectivity index (χ4n) is 3.25. The number of carbonyl (C=O) groups is 1. The fraction of sp³-hybridized carbons (Fsp3) is 0.143. The van der Waals surface area contributed by atoms with Crippen molar-refractivity contribution in [1.82, 2.24) is 19.9 Å². The van der Waals surface area contributed by atoms with E-state index in [1.54, 1.807) is 0 Å². The van der Waals surface area contributed by atoms with E-state index in [1.807, 2.05) is 54.7 Å². The van der Waals surface area contributed by atoms with Crippen LogP contribution in [-0.4, -0.2) is 27.0 Å². The summed E-state index contributed by atoms with van der Waals surface area (Å²) >= 11 is 0. The summed E-state index contributed by atoms with van der Waals surface area (Å²) in [4.78, 5) is 30.5. The molecule has 0 fully saturated rings. The number of aromatic amines is 2. The second kappa shape index (κ2) is 7.37. The van der Waals surface area contributed by atoms with Crippen LogP contribution < -0.4 is 11.0 Å². The van der Waals surface area contributed by atoms with Crippen LogP contribution in [0.25, 0.3) is 10.9 Å². The molecule has 0 aliphatic rings. The summed E-state index contributed by atoms with van der Waals surface area (Å²) in [6.07, 6.45) is 4.15. The van der Waals surface area contributed by atoms with Crippen molar-refractivity contribution in [2.45, 2.75) is 13.0 Å². The van der Waals surface area contributed by atoms with Crippen LogP contribution >= 0.6 is 0 Å². The number of benzene rings is 2. The first kappa shape index (κ1) is 16.9. The maximum Gasteiger partial charge on any atom is 0.326 e. The van der Waals surface area contributed by atoms with Gasteiger partial charge in [0.15, 0.2) is 0 Å². The molecule has 0 radical (unpaired) electrons. The Morgan fingerprint density at radius 2 is 1.74 bits per heavy atom. The van der Waals surface area contributed by atoms with Gasteiger partial charge in [-0.15, -0.1) is 0 Å². The smallest absolute Gasteiger partial charge is 0.326 e. The average Bonchev–Trinajstić information content (AvgIpc) is 3.27. The van der Waals surface area contributed by atoms with Gasteiger partial charge < -0.3 is 15.3 Å². The number of hydrogen-bond acceptors (Lipinski definition) is 2. The van der Waals surface area contributed by atoms with Crippen molar-refractivity contribution in [1.29, 1.82) is 0 Å². The number of rotatable bonds is 6. The molecule has 2 aromatic heterocycles. The Kier molecular flexibility index (Phi) is 4.61. The van der Waals surface area contributed by atoms with Crippen molar-refractivity contribution in [3.63, 3.8) is 0 Å². The van der Waals surface area contributed by atoms with E-state index in [0.29, 0.717) is 25.2 Å². The number of carbonyl (C=O) groups excluding carboxylic acids is 1. The van der Waals surface area contributed by atoms with Crippen LogP contribution in [-0.2, 0) is 13.0 Å². The van der Waals surface area contributed by atoms with Crippen LogP contribution in [0.4, 0.5) is 0 Å². The summed E-state index contributed by atoms with van der Waals surface area (Å²) in [7, 11) is 0. The third-order valence-corrected chi connectivity index (χ3v) is 4.64. The summed E-state index contributed by atoms with van der Waals surface area (Å²) in [5, 5.41) is 4.07. The summed E-state index contributed by atoms with van der Waals surface area (Å²) in [5.41, 5.74) is 3.25. The van der Waals surface area contributed by atoms with Crippen LogP contribution in [0.5, 0.6) is 0 Å². The summed E-state index contributed by atoms with van der Waals surface area (Å²) in [5.74, 6) is -0.260. The molecule has 0 aliphatic heterocycles. The molecule has 27 heavy (non-hydrogen) atoms. The maximum atomic E-state index is 12.6. The molecule has 0 saturated carbocycles. The predicted molar refractivity (Wildman–Crippen MR) is 105 cm³/mol. The Morgan fingerprint density at radius 1 is 0.963 bits per heavy atom. The zero-order chi connectivity index (χ0) is 18.6. The lowest BCUT2D eigenvalue weighted by molar-refractivity contribution is 0.0945. The minimum Gasteiger partial charge on any atom is -0.361 e. The van der Waals surface area contributed by atoms with Crippen molar-refractivity contribution in [3.05, 3.63) is 94.3 Å². The highest BCUT2D eigenvalue weighted by atomic mass is 16.2. The molecule has 0 aliphatic carbocycles. The summed E-state index contributed by atoms with van der Waals surface area (Å²) in [6.45, 7) is 0.847. The van der Waals surface area contributed by atoms with Crippen LogP contribution in [0, 0.1) is 0 Å². The van der Waals surface area contributed by atoms with Gasteiger partial charge in [0, 0.05) is 29.8 Å². The van der Waals surface area contributed by atoms with Crippen LogP contribution in [0.2, 0.25) is 0 Å². The monoisotopic (exact) mass is 360 g/mol. The Hall–Kier alpha value is -3.54. The van der Waals surface area contributed by atoms with Gasteiger partial charge in [0.05, 0.1) is 6.54 Å². The highest BCUT2D eigenvalue weighted by Crippen LogP contribution is 2.17. The van der Waals surface area contributed by atoms with Gasteiger partial charge >= 0.3 is 5.69 Å². The minimum absolute atomic E-state index is 0.260. The number of hydrogen-bond donors (Lipinski definition) is 3. The van der Waals surface area contributed by atoms with E-state index < -0.39 is 0 Å². The molecule has 4 aromatic rings. The Labute approximate surface area is 155 Å². The number of amides is 1. The molecule has 1 amide bonds. The first-order valence-electron chi connectivity index (χ1n) is 8.88. The molecular weight excluding hydrogens is 340 g/mol. The zero-order valence-corrected chi connectivity index (χ0v) is 14.7. The van der Waals surface area contributed by atoms with Crippen molar-refractivity contribution in [2.75, 3.05) is 6.54 Å². The van der Waals surface area contributed by atoms with E-state index in [1.165, 1.54) is 10.8 Å². The lowest BCUT2D eigenvalue weighted by Crippen LogP contribution is -2.30. The van der Waals surface area contributed by atoms with Crippen LogP contribution in [0.15, 0.2) is 71.8 Å². The number of para-hydroxylation sites is 1. The van der Waals surface area contributed by atoms with Gasteiger partial charge in [0.25, 0.3) is 5.91 Å². The highest BCUT2D eigenvalue weighted by molar-refractivity contribution is 5.92. The Bertz CT molecular complexity index is 1120. The molecule has 0 atom stereocenters. The molecule has 2 heterocycles. The van der Waals surface area contributed by atoms with Crippen LogP contribution in [0.1, 0.15) is 21.6 Å². The number of imidazole rings is 1. The zero-order valence-electron chi connectivity index (χ0n) is 14.7. The van der Waals surface area contributed by atoms with Gasteiger partial charge in [-0.05, 0) is 23.6 Å². The number of nitrogens with zero attached hydrogens (tertiary/aromatic N) is 1. The second-order valence-corrected chi connectivity index (χ2v) is 6.42. The van der Waals surface area contributed by atoms with Crippen molar-refractivity contribution in [2.24, 2.45) is 0 Å². The van der Waals surface area contributed by atoms with Gasteiger partial charge in [-0.2, -0.15) is 0 Å². The van der Waals surface area contributed by atoms with E-state index in [0.717, 1.165) is 22.0 Å². The van der Waals surface area contributed by atoms with Crippen molar-refractivity contribution < 1.29 is 4.79 Å². The lowest BCUT2D eigenvalue weighted by Gasteiger charge is -2.08. The number of aromatic nitrogens is 3. The minimum atomic E-state index is -0.291. The largest absolute Gasteiger partial charge is 0.361 e.